The molecular formula is C15H22ClF3N2. The van der Waals surface area contributed by atoms with Crippen LogP contribution in [-0.2, 0) is 6.54 Å². The first-order valence-electron chi connectivity index (χ1n) is 6.89. The van der Waals surface area contributed by atoms with Gasteiger partial charge < -0.3 is 5.73 Å². The molecule has 0 aromatic heterocycles. The number of alkyl halides is 3. The van der Waals surface area contributed by atoms with Crippen LogP contribution < -0.4 is 5.73 Å². The number of rotatable bonds is 7. The lowest BCUT2D eigenvalue weighted by molar-refractivity contribution is -0.136. The van der Waals surface area contributed by atoms with Crippen LogP contribution in [0.1, 0.15) is 31.7 Å². The number of nitrogens with zero attached hydrogens (tertiary/aromatic N) is 1. The molecule has 1 aromatic rings. The first kappa shape index (κ1) is 18.3. The normalized spacial score (nSPS) is 15.2. The molecule has 0 aliphatic heterocycles. The second-order valence-corrected chi connectivity index (χ2v) is 6.02. The Morgan fingerprint density at radius 3 is 2.33 bits per heavy atom. The minimum Gasteiger partial charge on any atom is -0.329 e. The number of halogens is 4. The lowest BCUT2D eigenvalue weighted by Crippen LogP contribution is -2.49. The summed E-state index contributed by atoms with van der Waals surface area (Å²) in [5.41, 5.74) is 6.25. The Balaban J connectivity index is 2.67. The van der Waals surface area contributed by atoms with Crippen molar-refractivity contribution in [3.63, 3.8) is 0 Å². The molecule has 0 aliphatic carbocycles. The topological polar surface area (TPSA) is 29.3 Å². The van der Waals surface area contributed by atoms with Gasteiger partial charge in [0.1, 0.15) is 0 Å². The zero-order valence-electron chi connectivity index (χ0n) is 12.4. The fourth-order valence-corrected chi connectivity index (χ4v) is 2.39. The molecule has 0 spiro atoms. The van der Waals surface area contributed by atoms with Gasteiger partial charge in [-0.15, -0.1) is 0 Å². The second kappa shape index (κ2) is 7.47. The SMILES string of the molecule is CN(Cc1ccccc1Cl)C(C)(CN)CCCC(F)(F)F. The number of likely N-dealkylation sites (N-methyl/N-ethyl adjacent to an activating group) is 1. The molecule has 1 rings (SSSR count). The third kappa shape index (κ3) is 5.85. The van der Waals surface area contributed by atoms with E-state index in [1.165, 1.54) is 0 Å². The molecular weight excluding hydrogens is 301 g/mol. The molecule has 0 heterocycles. The Bertz CT molecular complexity index is 451. The average Bonchev–Trinajstić information content (AvgIpc) is 2.39. The lowest BCUT2D eigenvalue weighted by atomic mass is 9.92. The van der Waals surface area contributed by atoms with Gasteiger partial charge in [0.2, 0.25) is 0 Å². The van der Waals surface area contributed by atoms with Crippen molar-refractivity contribution in [1.29, 1.82) is 0 Å². The molecule has 0 amide bonds. The molecule has 0 saturated heterocycles. The highest BCUT2D eigenvalue weighted by molar-refractivity contribution is 6.31. The number of hydrogen-bond donors (Lipinski definition) is 1. The second-order valence-electron chi connectivity index (χ2n) is 5.62. The lowest BCUT2D eigenvalue weighted by Gasteiger charge is -2.38. The Kier molecular flexibility index (Phi) is 6.50. The smallest absolute Gasteiger partial charge is 0.329 e. The van der Waals surface area contributed by atoms with Gasteiger partial charge in [-0.1, -0.05) is 29.8 Å². The Morgan fingerprint density at radius 2 is 1.81 bits per heavy atom. The van der Waals surface area contributed by atoms with E-state index in [-0.39, 0.29) is 6.42 Å². The highest BCUT2D eigenvalue weighted by Gasteiger charge is 2.31. The molecule has 1 aromatic carbocycles. The van der Waals surface area contributed by atoms with E-state index in [0.29, 0.717) is 24.5 Å². The number of benzene rings is 1. The van der Waals surface area contributed by atoms with Crippen LogP contribution in [0.2, 0.25) is 5.02 Å². The maximum absolute atomic E-state index is 12.3. The van der Waals surface area contributed by atoms with E-state index in [1.807, 2.05) is 37.1 Å². The Hall–Kier alpha value is -0.780. The number of nitrogens with two attached hydrogens (primary N) is 1. The summed E-state index contributed by atoms with van der Waals surface area (Å²) >= 11 is 6.12. The fourth-order valence-electron chi connectivity index (χ4n) is 2.19. The van der Waals surface area contributed by atoms with Crippen LogP contribution in [0.3, 0.4) is 0 Å². The molecule has 120 valence electrons. The molecule has 6 heteroatoms. The van der Waals surface area contributed by atoms with E-state index in [2.05, 4.69) is 0 Å². The van der Waals surface area contributed by atoms with Gasteiger partial charge in [0.05, 0.1) is 0 Å². The molecule has 2 N–H and O–H groups in total. The van der Waals surface area contributed by atoms with Crippen LogP contribution in [0.25, 0.3) is 0 Å². The van der Waals surface area contributed by atoms with Crippen LogP contribution in [0, 0.1) is 0 Å². The maximum atomic E-state index is 12.3. The van der Waals surface area contributed by atoms with Gasteiger partial charge in [-0.05, 0) is 38.4 Å². The number of hydrogen-bond acceptors (Lipinski definition) is 2. The van der Waals surface area contributed by atoms with Crippen molar-refractivity contribution in [3.8, 4) is 0 Å². The summed E-state index contributed by atoms with van der Waals surface area (Å²) in [5, 5.41) is 0.652. The maximum Gasteiger partial charge on any atom is 0.389 e. The molecule has 0 aliphatic rings. The van der Waals surface area contributed by atoms with Gasteiger partial charge in [-0.2, -0.15) is 13.2 Å². The minimum atomic E-state index is -4.11. The van der Waals surface area contributed by atoms with E-state index in [1.54, 1.807) is 6.07 Å². The van der Waals surface area contributed by atoms with Gasteiger partial charge in [-0.25, -0.2) is 0 Å². The van der Waals surface area contributed by atoms with Crippen LogP contribution in [0.4, 0.5) is 13.2 Å². The standard InChI is InChI=1S/C15H22ClF3N2/c1-14(11-20,8-5-9-15(17,18)19)21(2)10-12-6-3-4-7-13(12)16/h3-4,6-7H,5,8-11,20H2,1-2H3. The van der Waals surface area contributed by atoms with Crippen molar-refractivity contribution in [3.05, 3.63) is 34.9 Å². The predicted molar refractivity (Wildman–Crippen MR) is 80.3 cm³/mol. The molecule has 2 nitrogen and oxygen atoms in total. The van der Waals surface area contributed by atoms with Gasteiger partial charge in [0.15, 0.2) is 0 Å². The molecule has 0 radical (unpaired) electrons. The zero-order chi connectivity index (χ0) is 16.1. The van der Waals surface area contributed by atoms with E-state index >= 15 is 0 Å². The van der Waals surface area contributed by atoms with Gasteiger partial charge in [0, 0.05) is 30.1 Å². The molecule has 1 atom stereocenters. The quantitative estimate of drug-likeness (QED) is 0.814. The summed E-state index contributed by atoms with van der Waals surface area (Å²) in [6, 6.07) is 7.44. The summed E-state index contributed by atoms with van der Waals surface area (Å²) in [5.74, 6) is 0. The van der Waals surface area contributed by atoms with Crippen LogP contribution in [0.5, 0.6) is 0 Å². The monoisotopic (exact) mass is 322 g/mol. The summed E-state index contributed by atoms with van der Waals surface area (Å²) < 4.78 is 36.8. The zero-order valence-corrected chi connectivity index (χ0v) is 13.1. The Labute approximate surface area is 129 Å². The van der Waals surface area contributed by atoms with E-state index in [0.717, 1.165) is 5.56 Å². The van der Waals surface area contributed by atoms with Crippen LogP contribution in [-0.4, -0.2) is 30.2 Å². The molecule has 0 saturated carbocycles. The van der Waals surface area contributed by atoms with Gasteiger partial charge in [-0.3, -0.25) is 4.90 Å². The first-order chi connectivity index (χ1) is 9.68. The van der Waals surface area contributed by atoms with Crippen molar-refractivity contribution in [2.24, 2.45) is 5.73 Å². The minimum absolute atomic E-state index is 0.0735. The van der Waals surface area contributed by atoms with Crippen molar-refractivity contribution in [1.82, 2.24) is 4.90 Å². The van der Waals surface area contributed by atoms with Crippen LogP contribution in [0.15, 0.2) is 24.3 Å². The molecule has 0 bridgehead atoms. The summed E-state index contributed by atoms with van der Waals surface area (Å²) in [7, 11) is 1.86. The third-order valence-electron chi connectivity index (χ3n) is 3.90. The van der Waals surface area contributed by atoms with Gasteiger partial charge >= 0.3 is 6.18 Å². The summed E-state index contributed by atoms with van der Waals surface area (Å²) in [4.78, 5) is 1.98. The summed E-state index contributed by atoms with van der Waals surface area (Å²) in [6.45, 7) is 2.74. The van der Waals surface area contributed by atoms with Gasteiger partial charge in [0.25, 0.3) is 0 Å². The van der Waals surface area contributed by atoms with E-state index in [4.69, 9.17) is 17.3 Å². The highest BCUT2D eigenvalue weighted by atomic mass is 35.5. The van der Waals surface area contributed by atoms with Crippen molar-refractivity contribution < 1.29 is 13.2 Å². The molecule has 1 unspecified atom stereocenters. The highest BCUT2D eigenvalue weighted by Crippen LogP contribution is 2.28. The fraction of sp³-hybridized carbons (Fsp3) is 0.600. The van der Waals surface area contributed by atoms with Crippen molar-refractivity contribution in [2.75, 3.05) is 13.6 Å². The average molecular weight is 323 g/mol. The summed E-state index contributed by atoms with van der Waals surface area (Å²) in [6.07, 6.45) is -4.42. The molecule has 0 fully saturated rings. The van der Waals surface area contributed by atoms with Crippen molar-refractivity contribution >= 4 is 11.6 Å². The predicted octanol–water partition coefficient (Wildman–Crippen LogP) is 4.22. The Morgan fingerprint density at radius 1 is 1.19 bits per heavy atom. The molecule has 21 heavy (non-hydrogen) atoms. The van der Waals surface area contributed by atoms with Crippen LogP contribution >= 0.6 is 11.6 Å². The van der Waals surface area contributed by atoms with E-state index < -0.39 is 18.1 Å². The van der Waals surface area contributed by atoms with Crippen molar-refractivity contribution in [2.45, 2.75) is 44.4 Å². The first-order valence-corrected chi connectivity index (χ1v) is 7.27. The van der Waals surface area contributed by atoms with E-state index in [9.17, 15) is 13.2 Å². The largest absolute Gasteiger partial charge is 0.389 e. The third-order valence-corrected chi connectivity index (χ3v) is 4.27.